The van der Waals surface area contributed by atoms with Crippen molar-refractivity contribution in [1.29, 1.82) is 0 Å². The van der Waals surface area contributed by atoms with Gasteiger partial charge in [-0.2, -0.15) is 0 Å². The molecule has 1 aromatic carbocycles. The highest BCUT2D eigenvalue weighted by molar-refractivity contribution is 6.06. The van der Waals surface area contributed by atoms with Crippen LogP contribution in [0.25, 0.3) is 0 Å². The van der Waals surface area contributed by atoms with Gasteiger partial charge in [-0.05, 0) is 43.4 Å². The minimum atomic E-state index is -1.28. The second-order valence-electron chi connectivity index (χ2n) is 6.31. The third-order valence-corrected chi connectivity index (χ3v) is 4.90. The maximum absolute atomic E-state index is 12.9. The number of benzene rings is 1. The summed E-state index contributed by atoms with van der Waals surface area (Å²) in [4.78, 5) is 36.2. The number of hydrogen-bond donors (Lipinski definition) is 1. The molecule has 1 N–H and O–H groups in total. The number of ketones is 1. The van der Waals surface area contributed by atoms with E-state index in [9.17, 15) is 19.5 Å². The second kappa shape index (κ2) is 7.03. The molecular weight excluding hydrogens is 312 g/mol. The molecule has 6 heteroatoms. The fraction of sp³-hybridized carbons (Fsp3) is 0.500. The van der Waals surface area contributed by atoms with Crippen LogP contribution in [0.15, 0.2) is 24.3 Å². The van der Waals surface area contributed by atoms with Gasteiger partial charge < -0.3 is 14.6 Å². The van der Waals surface area contributed by atoms with Crippen LogP contribution in [0.2, 0.25) is 0 Å². The van der Waals surface area contributed by atoms with E-state index >= 15 is 0 Å². The van der Waals surface area contributed by atoms with Crippen molar-refractivity contribution in [2.45, 2.75) is 32.1 Å². The van der Waals surface area contributed by atoms with Crippen LogP contribution in [0.1, 0.15) is 37.7 Å². The monoisotopic (exact) mass is 334 g/mol. The van der Waals surface area contributed by atoms with Crippen LogP contribution >= 0.6 is 0 Å². The van der Waals surface area contributed by atoms with Crippen molar-refractivity contribution in [3.05, 3.63) is 29.8 Å². The van der Waals surface area contributed by atoms with Crippen LogP contribution < -0.4 is 4.74 Å². The van der Waals surface area contributed by atoms with Crippen molar-refractivity contribution >= 4 is 17.7 Å². The lowest BCUT2D eigenvalue weighted by Gasteiger charge is -2.39. The quantitative estimate of drug-likeness (QED) is 0.657. The number of methoxy groups -OCH3 is 2. The molecule has 1 aromatic rings. The molecule has 0 aliphatic heterocycles. The molecule has 0 amide bonds. The number of carboxylic acids is 1. The van der Waals surface area contributed by atoms with Crippen molar-refractivity contribution in [3.8, 4) is 5.75 Å². The lowest BCUT2D eigenvalue weighted by Crippen LogP contribution is -2.47. The molecule has 0 aromatic heterocycles. The number of carboxylic acid groups (broad SMARTS) is 1. The highest BCUT2D eigenvalue weighted by Crippen LogP contribution is 2.46. The normalized spacial score (nSPS) is 26.7. The summed E-state index contributed by atoms with van der Waals surface area (Å²) < 4.78 is 9.89. The second-order valence-corrected chi connectivity index (χ2v) is 6.31. The summed E-state index contributed by atoms with van der Waals surface area (Å²) in [5, 5.41) is 9.21. The third-order valence-electron chi connectivity index (χ3n) is 4.90. The van der Waals surface area contributed by atoms with Gasteiger partial charge >= 0.3 is 11.9 Å². The molecule has 6 nitrogen and oxygen atoms in total. The predicted molar refractivity (Wildman–Crippen MR) is 85.8 cm³/mol. The van der Waals surface area contributed by atoms with E-state index in [1.165, 1.54) is 7.11 Å². The summed E-state index contributed by atoms with van der Waals surface area (Å²) in [7, 11) is 2.80. The number of ether oxygens (including phenoxy) is 2. The van der Waals surface area contributed by atoms with Crippen molar-refractivity contribution in [2.75, 3.05) is 14.2 Å². The molecule has 1 aliphatic carbocycles. The first-order chi connectivity index (χ1) is 11.3. The minimum Gasteiger partial charge on any atom is -0.497 e. The Kier molecular flexibility index (Phi) is 5.26. The third kappa shape index (κ3) is 3.27. The average Bonchev–Trinajstić information content (AvgIpc) is 2.58. The van der Waals surface area contributed by atoms with Gasteiger partial charge in [0.1, 0.15) is 11.2 Å². The Labute approximate surface area is 140 Å². The lowest BCUT2D eigenvalue weighted by molar-refractivity contribution is -0.163. The summed E-state index contributed by atoms with van der Waals surface area (Å²) in [6.45, 7) is 1.54. The van der Waals surface area contributed by atoms with Crippen molar-refractivity contribution < 1.29 is 29.0 Å². The molecule has 2 rings (SSSR count). The van der Waals surface area contributed by atoms with Gasteiger partial charge in [-0.15, -0.1) is 0 Å². The Morgan fingerprint density at radius 3 is 2.38 bits per heavy atom. The molecule has 0 heterocycles. The fourth-order valence-corrected chi connectivity index (χ4v) is 3.46. The highest BCUT2D eigenvalue weighted by Gasteiger charge is 2.51. The van der Waals surface area contributed by atoms with Gasteiger partial charge in [0.15, 0.2) is 5.78 Å². The zero-order valence-electron chi connectivity index (χ0n) is 14.1. The SMILES string of the molecule is COC(=O)[C@@]1(C)CC[C@H](c2ccc(OC)cc2)C(CC(=O)O)C1=O. The molecule has 1 aliphatic rings. The molecule has 1 saturated carbocycles. The van der Waals surface area contributed by atoms with E-state index in [0.29, 0.717) is 18.6 Å². The summed E-state index contributed by atoms with van der Waals surface area (Å²) >= 11 is 0. The number of aliphatic carboxylic acids is 1. The Morgan fingerprint density at radius 2 is 1.88 bits per heavy atom. The predicted octanol–water partition coefficient (Wildman–Crippen LogP) is 2.41. The lowest BCUT2D eigenvalue weighted by atomic mass is 9.62. The molecule has 0 spiro atoms. The Balaban J connectivity index is 2.36. The van der Waals surface area contributed by atoms with E-state index in [1.54, 1.807) is 26.2 Å². The number of carbonyl (C=O) groups excluding carboxylic acids is 2. The van der Waals surface area contributed by atoms with Gasteiger partial charge in [-0.1, -0.05) is 12.1 Å². The van der Waals surface area contributed by atoms with E-state index in [1.807, 2.05) is 12.1 Å². The first-order valence-electron chi connectivity index (χ1n) is 7.82. The van der Waals surface area contributed by atoms with E-state index in [0.717, 1.165) is 5.56 Å². The van der Waals surface area contributed by atoms with Crippen molar-refractivity contribution in [2.24, 2.45) is 11.3 Å². The summed E-state index contributed by atoms with van der Waals surface area (Å²) in [5.74, 6) is -2.32. The van der Waals surface area contributed by atoms with E-state index in [2.05, 4.69) is 0 Å². The number of carbonyl (C=O) groups is 3. The molecule has 0 saturated heterocycles. The van der Waals surface area contributed by atoms with Gasteiger partial charge in [0.2, 0.25) is 0 Å². The van der Waals surface area contributed by atoms with Crippen molar-refractivity contribution in [3.63, 3.8) is 0 Å². The van der Waals surface area contributed by atoms with Gasteiger partial charge in [-0.25, -0.2) is 0 Å². The smallest absolute Gasteiger partial charge is 0.319 e. The number of hydrogen-bond acceptors (Lipinski definition) is 5. The zero-order chi connectivity index (χ0) is 17.9. The van der Waals surface area contributed by atoms with Gasteiger partial charge in [0.05, 0.1) is 20.6 Å². The van der Waals surface area contributed by atoms with Crippen LogP contribution in [0.3, 0.4) is 0 Å². The van der Waals surface area contributed by atoms with Gasteiger partial charge in [0, 0.05) is 5.92 Å². The van der Waals surface area contributed by atoms with Crippen LogP contribution in [0.5, 0.6) is 5.75 Å². The Morgan fingerprint density at radius 1 is 1.25 bits per heavy atom. The number of rotatable bonds is 5. The highest BCUT2D eigenvalue weighted by atomic mass is 16.5. The molecule has 0 radical (unpaired) electrons. The maximum atomic E-state index is 12.9. The zero-order valence-corrected chi connectivity index (χ0v) is 14.1. The maximum Gasteiger partial charge on any atom is 0.319 e. The Bertz CT molecular complexity index is 635. The van der Waals surface area contributed by atoms with Crippen LogP contribution in [0.4, 0.5) is 0 Å². The van der Waals surface area contributed by atoms with Crippen LogP contribution in [-0.4, -0.2) is 37.0 Å². The largest absolute Gasteiger partial charge is 0.497 e. The Hall–Kier alpha value is -2.37. The fourth-order valence-electron chi connectivity index (χ4n) is 3.46. The number of esters is 1. The molecule has 1 fully saturated rings. The topological polar surface area (TPSA) is 89.9 Å². The van der Waals surface area contributed by atoms with Crippen molar-refractivity contribution in [1.82, 2.24) is 0 Å². The summed E-state index contributed by atoms with van der Waals surface area (Å²) in [5.41, 5.74) is -0.403. The van der Waals surface area contributed by atoms with Crippen LogP contribution in [-0.2, 0) is 19.1 Å². The standard InChI is InChI=1S/C18H22O6/c1-18(17(22)24-3)9-8-13(14(16(18)21)10-15(19)20)11-4-6-12(23-2)7-5-11/h4-7,13-14H,8-10H2,1-3H3,(H,19,20)/t13-,14?,18+/m1/s1. The molecule has 130 valence electrons. The first kappa shape index (κ1) is 18.0. The molecular formula is C18H22O6. The number of Topliss-reactive ketones (excluding diaryl/α,β-unsaturated/α-hetero) is 1. The van der Waals surface area contributed by atoms with E-state index in [-0.39, 0.29) is 18.1 Å². The first-order valence-corrected chi connectivity index (χ1v) is 7.82. The molecule has 24 heavy (non-hydrogen) atoms. The van der Waals surface area contributed by atoms with E-state index in [4.69, 9.17) is 9.47 Å². The van der Waals surface area contributed by atoms with Crippen LogP contribution in [0, 0.1) is 11.3 Å². The summed E-state index contributed by atoms with van der Waals surface area (Å²) in [6.07, 6.45) is 0.578. The van der Waals surface area contributed by atoms with Gasteiger partial charge in [0.25, 0.3) is 0 Å². The summed E-state index contributed by atoms with van der Waals surface area (Å²) in [6, 6.07) is 7.25. The molecule has 3 atom stereocenters. The minimum absolute atomic E-state index is 0.239. The molecule has 0 bridgehead atoms. The average molecular weight is 334 g/mol. The molecule has 1 unspecified atom stereocenters. The van der Waals surface area contributed by atoms with Gasteiger partial charge in [-0.3, -0.25) is 14.4 Å². The van der Waals surface area contributed by atoms with E-state index < -0.39 is 23.3 Å².